The van der Waals surface area contributed by atoms with Gasteiger partial charge in [0.2, 0.25) is 5.91 Å². The van der Waals surface area contributed by atoms with Crippen LogP contribution in [0.2, 0.25) is 0 Å². The number of carbonyl (C=O) groups is 1. The van der Waals surface area contributed by atoms with Crippen LogP contribution in [0.3, 0.4) is 0 Å². The Labute approximate surface area is 166 Å². The molecule has 1 aromatic carbocycles. The summed E-state index contributed by atoms with van der Waals surface area (Å²) in [6, 6.07) is 5.86. The molecule has 27 heavy (non-hydrogen) atoms. The van der Waals surface area contributed by atoms with Crippen molar-refractivity contribution in [2.24, 2.45) is 5.92 Å². The molecule has 0 saturated carbocycles. The van der Waals surface area contributed by atoms with E-state index in [2.05, 4.69) is 24.1 Å². The molecule has 1 amide bonds. The van der Waals surface area contributed by atoms with Crippen molar-refractivity contribution >= 4 is 49.1 Å². The Balaban J connectivity index is 1.49. The lowest BCUT2D eigenvalue weighted by Crippen LogP contribution is -2.36. The number of aromatic nitrogens is 2. The summed E-state index contributed by atoms with van der Waals surface area (Å²) in [5.74, 6) is 1.45. The largest absolute Gasteiger partial charge is 0.497 e. The maximum Gasteiger partial charge on any atom is 0.223 e. The van der Waals surface area contributed by atoms with Crippen molar-refractivity contribution in [2.75, 3.05) is 19.0 Å². The van der Waals surface area contributed by atoms with Gasteiger partial charge in [0.1, 0.15) is 5.75 Å². The molecule has 0 radical (unpaired) electrons. The molecule has 0 unspecified atom stereocenters. The Bertz CT molecular complexity index is 979. The Hall–Kier alpha value is -2.19. The maximum atomic E-state index is 12.3. The van der Waals surface area contributed by atoms with Crippen LogP contribution in [0.4, 0.5) is 10.3 Å². The van der Waals surface area contributed by atoms with Crippen molar-refractivity contribution in [2.45, 2.75) is 33.2 Å². The molecule has 0 fully saturated rings. The predicted octanol–water partition coefficient (Wildman–Crippen LogP) is 4.44. The van der Waals surface area contributed by atoms with Crippen LogP contribution in [0, 0.1) is 5.92 Å². The van der Waals surface area contributed by atoms with Crippen LogP contribution in [-0.2, 0) is 17.8 Å². The third-order valence-electron chi connectivity index (χ3n) is 4.48. The number of nitrogens with zero attached hydrogens (tertiary/aromatic N) is 3. The number of anilines is 2. The third-order valence-corrected chi connectivity index (χ3v) is 6.41. The van der Waals surface area contributed by atoms with Crippen LogP contribution in [0.25, 0.3) is 10.2 Å². The lowest BCUT2D eigenvalue weighted by atomic mass is 10.1. The number of thiazole rings is 2. The molecular weight excluding hydrogens is 380 g/mol. The first-order chi connectivity index (χ1) is 13.0. The van der Waals surface area contributed by atoms with Gasteiger partial charge < -0.3 is 15.0 Å². The van der Waals surface area contributed by atoms with Gasteiger partial charge in [0, 0.05) is 24.3 Å². The van der Waals surface area contributed by atoms with Crippen LogP contribution in [-0.4, -0.2) is 34.4 Å². The summed E-state index contributed by atoms with van der Waals surface area (Å²) in [4.78, 5) is 24.8. The van der Waals surface area contributed by atoms with Gasteiger partial charge in [0.15, 0.2) is 10.3 Å². The molecule has 1 N–H and O–H groups in total. The van der Waals surface area contributed by atoms with Gasteiger partial charge in [-0.25, -0.2) is 9.97 Å². The second-order valence-electron chi connectivity index (χ2n) is 7.03. The van der Waals surface area contributed by atoms with Crippen molar-refractivity contribution < 1.29 is 9.53 Å². The number of ether oxygens (including phenoxy) is 1. The monoisotopic (exact) mass is 402 g/mol. The molecule has 3 aromatic rings. The molecule has 3 heterocycles. The normalized spacial score (nSPS) is 13.9. The molecule has 4 rings (SSSR count). The van der Waals surface area contributed by atoms with Crippen molar-refractivity contribution in [1.82, 2.24) is 14.9 Å². The first-order valence-electron chi connectivity index (χ1n) is 9.00. The zero-order valence-corrected chi connectivity index (χ0v) is 17.2. The van der Waals surface area contributed by atoms with Gasteiger partial charge >= 0.3 is 0 Å². The number of fused-ring (bicyclic) bond motifs is 2. The van der Waals surface area contributed by atoms with E-state index in [0.717, 1.165) is 44.9 Å². The van der Waals surface area contributed by atoms with Crippen molar-refractivity contribution in [1.29, 1.82) is 0 Å². The highest BCUT2D eigenvalue weighted by Crippen LogP contribution is 2.34. The first kappa shape index (κ1) is 18.2. The maximum absolute atomic E-state index is 12.3. The Morgan fingerprint density at radius 1 is 1.30 bits per heavy atom. The number of rotatable bonds is 5. The first-order valence-corrected chi connectivity index (χ1v) is 10.6. The number of methoxy groups -OCH3 is 1. The molecule has 142 valence electrons. The van der Waals surface area contributed by atoms with Crippen LogP contribution in [0.5, 0.6) is 5.75 Å². The van der Waals surface area contributed by atoms with Gasteiger partial charge in [-0.1, -0.05) is 36.5 Å². The van der Waals surface area contributed by atoms with Crippen LogP contribution < -0.4 is 10.1 Å². The van der Waals surface area contributed by atoms with Gasteiger partial charge in [-0.3, -0.25) is 4.79 Å². The molecule has 0 bridgehead atoms. The van der Waals surface area contributed by atoms with Crippen LogP contribution in [0.15, 0.2) is 18.2 Å². The topological polar surface area (TPSA) is 67.3 Å². The summed E-state index contributed by atoms with van der Waals surface area (Å²) in [6.45, 7) is 5.57. The fraction of sp³-hybridized carbons (Fsp3) is 0.421. The lowest BCUT2D eigenvalue weighted by Gasteiger charge is -2.26. The molecule has 0 spiro atoms. The summed E-state index contributed by atoms with van der Waals surface area (Å²) in [6.07, 6.45) is 1.42. The van der Waals surface area contributed by atoms with E-state index >= 15 is 0 Å². The van der Waals surface area contributed by atoms with Crippen LogP contribution >= 0.6 is 22.7 Å². The molecule has 1 aliphatic rings. The number of nitrogens with one attached hydrogen (secondary N) is 1. The smallest absolute Gasteiger partial charge is 0.223 e. The highest BCUT2D eigenvalue weighted by molar-refractivity contribution is 7.22. The van der Waals surface area contributed by atoms with Crippen molar-refractivity contribution in [3.05, 3.63) is 28.8 Å². The highest BCUT2D eigenvalue weighted by atomic mass is 32.1. The minimum atomic E-state index is 0.235. The average Bonchev–Trinajstić information content (AvgIpc) is 3.22. The van der Waals surface area contributed by atoms with Crippen molar-refractivity contribution in [3.8, 4) is 5.75 Å². The summed E-state index contributed by atoms with van der Waals surface area (Å²) < 4.78 is 6.35. The SMILES string of the molecule is COc1ccc2nc(Nc3nc4c(s3)CN(C(=O)CC(C)C)CC4)sc2c1. The van der Waals surface area contributed by atoms with E-state index in [1.165, 1.54) is 4.88 Å². The van der Waals surface area contributed by atoms with E-state index in [1.807, 2.05) is 23.1 Å². The highest BCUT2D eigenvalue weighted by Gasteiger charge is 2.24. The number of hydrogen-bond acceptors (Lipinski definition) is 7. The standard InChI is InChI=1S/C19H22N4O2S2/c1-11(2)8-17(24)23-7-6-14-16(10-23)27-19(21-14)22-18-20-13-5-4-12(25-3)9-15(13)26-18/h4-5,9,11H,6-8,10H2,1-3H3,(H,20,21,22). The molecule has 1 aliphatic heterocycles. The van der Waals surface area contributed by atoms with Gasteiger partial charge in [0.25, 0.3) is 0 Å². The van der Waals surface area contributed by atoms with Gasteiger partial charge in [-0.15, -0.1) is 0 Å². The minimum absolute atomic E-state index is 0.235. The second-order valence-corrected chi connectivity index (χ2v) is 9.14. The van der Waals surface area contributed by atoms with Crippen molar-refractivity contribution in [3.63, 3.8) is 0 Å². The Kier molecular flexibility index (Phi) is 5.01. The third kappa shape index (κ3) is 3.91. The Morgan fingerprint density at radius 2 is 2.11 bits per heavy atom. The zero-order chi connectivity index (χ0) is 19.0. The van der Waals surface area contributed by atoms with E-state index in [4.69, 9.17) is 9.72 Å². The summed E-state index contributed by atoms with van der Waals surface area (Å²) >= 11 is 3.19. The number of amides is 1. The predicted molar refractivity (Wildman–Crippen MR) is 110 cm³/mol. The average molecular weight is 403 g/mol. The van der Waals surface area contributed by atoms with E-state index in [-0.39, 0.29) is 5.91 Å². The number of carbonyl (C=O) groups excluding carboxylic acids is 1. The summed E-state index contributed by atoms with van der Waals surface area (Å²) in [5.41, 5.74) is 2.04. The van der Waals surface area contributed by atoms with E-state index < -0.39 is 0 Å². The number of hydrogen-bond donors (Lipinski definition) is 1. The molecule has 0 saturated heterocycles. The van der Waals surface area contributed by atoms with E-state index in [9.17, 15) is 4.79 Å². The molecule has 2 aromatic heterocycles. The van der Waals surface area contributed by atoms with Crippen LogP contribution in [0.1, 0.15) is 30.8 Å². The summed E-state index contributed by atoms with van der Waals surface area (Å²) in [5, 5.41) is 4.99. The minimum Gasteiger partial charge on any atom is -0.497 e. The van der Waals surface area contributed by atoms with Gasteiger partial charge in [0.05, 0.1) is 29.6 Å². The fourth-order valence-corrected chi connectivity index (χ4v) is 5.10. The fourth-order valence-electron chi connectivity index (χ4n) is 3.12. The molecule has 0 atom stereocenters. The van der Waals surface area contributed by atoms with Gasteiger partial charge in [-0.05, 0) is 24.1 Å². The van der Waals surface area contributed by atoms with E-state index in [0.29, 0.717) is 18.9 Å². The molecule has 8 heteroatoms. The second kappa shape index (κ2) is 7.44. The molecule has 6 nitrogen and oxygen atoms in total. The van der Waals surface area contributed by atoms with Gasteiger partial charge in [-0.2, -0.15) is 0 Å². The summed E-state index contributed by atoms with van der Waals surface area (Å²) in [7, 11) is 1.66. The van der Waals surface area contributed by atoms with E-state index in [1.54, 1.807) is 29.8 Å². The molecule has 0 aliphatic carbocycles. The Morgan fingerprint density at radius 3 is 2.89 bits per heavy atom. The number of benzene rings is 1. The quantitative estimate of drug-likeness (QED) is 0.683. The lowest BCUT2D eigenvalue weighted by molar-refractivity contribution is -0.132. The molecular formula is C19H22N4O2S2. The zero-order valence-electron chi connectivity index (χ0n) is 15.6.